The average Bonchev–Trinajstić information content (AvgIpc) is 3.97. The molecule has 0 N–H and O–H groups in total. The Labute approximate surface area is 324 Å². The number of rotatable bonds is 4. The van der Waals surface area contributed by atoms with E-state index < -0.39 is 0 Å². The number of hydrogen-bond donors (Lipinski definition) is 0. The summed E-state index contributed by atoms with van der Waals surface area (Å²) >= 11 is 0. The van der Waals surface area contributed by atoms with Gasteiger partial charge in [-0.15, -0.1) is 0 Å². The topological polar surface area (TPSA) is 27.7 Å². The molecule has 264 valence electrons. The molecular formula is C52H36N4. The normalized spacial score (nSPS) is 13.3. The van der Waals surface area contributed by atoms with Crippen LogP contribution in [0.1, 0.15) is 25.0 Å². The van der Waals surface area contributed by atoms with Gasteiger partial charge < -0.3 is 9.13 Å². The Balaban J connectivity index is 1.34. The zero-order valence-corrected chi connectivity index (χ0v) is 31.1. The predicted octanol–water partition coefficient (Wildman–Crippen LogP) is 13.2. The van der Waals surface area contributed by atoms with Crippen LogP contribution >= 0.6 is 0 Å². The van der Waals surface area contributed by atoms with Crippen molar-refractivity contribution in [1.29, 1.82) is 0 Å². The molecule has 4 nitrogen and oxygen atoms in total. The molecule has 0 atom stereocenters. The van der Waals surface area contributed by atoms with Crippen molar-refractivity contribution < 1.29 is 0 Å². The van der Waals surface area contributed by atoms with Crippen LogP contribution in [0.2, 0.25) is 0 Å². The molecule has 0 saturated heterocycles. The van der Waals surface area contributed by atoms with E-state index in [9.17, 15) is 0 Å². The Hall–Kier alpha value is -7.17. The Bertz CT molecular complexity index is 3380. The van der Waals surface area contributed by atoms with Crippen LogP contribution in [0, 0.1) is 0 Å². The maximum Gasteiger partial charge on any atom is 0.145 e. The first kappa shape index (κ1) is 31.2. The Kier molecular flexibility index (Phi) is 6.37. The molecule has 0 aliphatic heterocycles. The van der Waals surface area contributed by atoms with E-state index >= 15 is 0 Å². The van der Waals surface area contributed by atoms with E-state index in [1.165, 1.54) is 65.9 Å². The van der Waals surface area contributed by atoms with Gasteiger partial charge >= 0.3 is 0 Å². The maximum absolute atomic E-state index is 5.27. The van der Waals surface area contributed by atoms with E-state index in [-0.39, 0.29) is 5.41 Å². The highest BCUT2D eigenvalue weighted by atomic mass is 15.1. The third kappa shape index (κ3) is 4.05. The summed E-state index contributed by atoms with van der Waals surface area (Å²) in [5.74, 6) is 0.920. The molecule has 0 fully saturated rings. The molecule has 0 amide bonds. The minimum atomic E-state index is -0.258. The van der Waals surface area contributed by atoms with Crippen molar-refractivity contribution >= 4 is 54.6 Å². The molecule has 0 saturated carbocycles. The van der Waals surface area contributed by atoms with E-state index in [0.717, 1.165) is 39.5 Å². The minimum Gasteiger partial charge on any atom is -0.309 e. The summed E-state index contributed by atoms with van der Waals surface area (Å²) < 4.78 is 7.44. The largest absolute Gasteiger partial charge is 0.309 e. The van der Waals surface area contributed by atoms with Crippen LogP contribution in [0.5, 0.6) is 0 Å². The first-order valence-corrected chi connectivity index (χ1v) is 19.4. The van der Waals surface area contributed by atoms with Crippen molar-refractivity contribution in [3.8, 4) is 39.6 Å². The van der Waals surface area contributed by atoms with Crippen molar-refractivity contribution in [3.05, 3.63) is 193 Å². The van der Waals surface area contributed by atoms with Gasteiger partial charge in [-0.2, -0.15) is 0 Å². The number of aromatic nitrogens is 4. The van der Waals surface area contributed by atoms with E-state index in [1.807, 2.05) is 0 Å². The molecule has 1 aliphatic rings. The van der Waals surface area contributed by atoms with E-state index in [4.69, 9.17) is 4.98 Å². The molecule has 56 heavy (non-hydrogen) atoms. The van der Waals surface area contributed by atoms with Crippen molar-refractivity contribution in [2.45, 2.75) is 19.3 Å². The summed E-state index contributed by atoms with van der Waals surface area (Å²) in [4.78, 5) is 5.27. The molecule has 0 radical (unpaired) electrons. The van der Waals surface area contributed by atoms with Gasteiger partial charge in [-0.1, -0.05) is 147 Å². The number of nitrogens with zero attached hydrogens (tertiary/aromatic N) is 4. The van der Waals surface area contributed by atoms with Crippen LogP contribution in [0.3, 0.4) is 0 Å². The van der Waals surface area contributed by atoms with Gasteiger partial charge in [0.1, 0.15) is 5.82 Å². The number of imidazole rings is 1. The fraction of sp³-hybridized carbons (Fsp3) is 0.0577. The van der Waals surface area contributed by atoms with Gasteiger partial charge in [0, 0.05) is 43.8 Å². The highest BCUT2D eigenvalue weighted by molar-refractivity contribution is 6.31. The van der Waals surface area contributed by atoms with Crippen LogP contribution in [-0.2, 0) is 5.41 Å². The molecule has 12 rings (SSSR count). The number of fused-ring (bicyclic) bond motifs is 13. The molecule has 0 spiro atoms. The summed E-state index contributed by atoms with van der Waals surface area (Å²) in [6.07, 6.45) is 0. The summed E-state index contributed by atoms with van der Waals surface area (Å²) in [5, 5.41) is 5.10. The van der Waals surface area contributed by atoms with Crippen molar-refractivity contribution in [1.82, 2.24) is 18.7 Å². The van der Waals surface area contributed by atoms with Gasteiger partial charge in [0.2, 0.25) is 0 Å². The highest BCUT2D eigenvalue weighted by Crippen LogP contribution is 2.58. The fourth-order valence-electron chi connectivity index (χ4n) is 9.95. The molecule has 8 aromatic carbocycles. The predicted molar refractivity (Wildman–Crippen MR) is 233 cm³/mol. The molecule has 3 aromatic heterocycles. The Morgan fingerprint density at radius 3 is 1.75 bits per heavy atom. The van der Waals surface area contributed by atoms with Crippen molar-refractivity contribution in [3.63, 3.8) is 0 Å². The second kappa shape index (κ2) is 11.4. The monoisotopic (exact) mass is 716 g/mol. The Morgan fingerprint density at radius 2 is 1.00 bits per heavy atom. The van der Waals surface area contributed by atoms with Crippen LogP contribution in [0.4, 0.5) is 0 Å². The van der Waals surface area contributed by atoms with E-state index in [2.05, 4.69) is 210 Å². The second-order valence-corrected chi connectivity index (χ2v) is 15.5. The molecule has 4 heteroatoms. The zero-order valence-electron chi connectivity index (χ0n) is 31.1. The third-order valence-corrected chi connectivity index (χ3v) is 12.2. The van der Waals surface area contributed by atoms with Gasteiger partial charge in [-0.3, -0.25) is 4.57 Å². The molecule has 1 aliphatic carbocycles. The van der Waals surface area contributed by atoms with E-state index in [1.54, 1.807) is 0 Å². The lowest BCUT2D eigenvalue weighted by Gasteiger charge is -2.24. The molecule has 0 bridgehead atoms. The SMILES string of the molecule is CC1(C)c2ccccc2-c2c1c1c3ccccc3n(-c3ccccc3)c1c1c3ccccc3n(-c3ccccc3-n3c(-c4ccccc4)nc4ccccc43)c21. The first-order chi connectivity index (χ1) is 27.6. The van der Waals surface area contributed by atoms with Gasteiger partial charge in [-0.25, -0.2) is 4.98 Å². The smallest absolute Gasteiger partial charge is 0.145 e. The summed E-state index contributed by atoms with van der Waals surface area (Å²) in [5.41, 5.74) is 16.4. The van der Waals surface area contributed by atoms with Crippen molar-refractivity contribution in [2.75, 3.05) is 0 Å². The molecular weight excluding hydrogens is 681 g/mol. The van der Waals surface area contributed by atoms with Gasteiger partial charge in [0.15, 0.2) is 0 Å². The van der Waals surface area contributed by atoms with Crippen LogP contribution in [-0.4, -0.2) is 18.7 Å². The lowest BCUT2D eigenvalue weighted by Crippen LogP contribution is -2.15. The lowest BCUT2D eigenvalue weighted by molar-refractivity contribution is 0.667. The molecule has 3 heterocycles. The Morgan fingerprint density at radius 1 is 0.446 bits per heavy atom. The molecule has 0 unspecified atom stereocenters. The lowest BCUT2D eigenvalue weighted by atomic mass is 9.80. The maximum atomic E-state index is 5.27. The fourth-order valence-corrected chi connectivity index (χ4v) is 9.95. The van der Waals surface area contributed by atoms with E-state index in [0.29, 0.717) is 0 Å². The highest BCUT2D eigenvalue weighted by Gasteiger charge is 2.41. The van der Waals surface area contributed by atoms with Crippen LogP contribution in [0.25, 0.3) is 94.2 Å². The standard InChI is InChI=1S/C52H36N4/c1-52(2)38-26-12-9-23-35(38)45-48(52)46-36-24-10-14-28-40(36)54(34-21-7-4-8-22-34)49(46)47-37-25-11-15-29-41(37)55(50(45)47)43-31-17-18-32-44(43)56-42-30-16-13-27-39(42)53-51(56)33-19-5-3-6-20-33/h3-32H,1-2H3. The average molecular weight is 717 g/mol. The first-order valence-electron chi connectivity index (χ1n) is 19.4. The number of benzene rings is 8. The summed E-state index contributed by atoms with van der Waals surface area (Å²) in [7, 11) is 0. The number of para-hydroxylation sites is 7. The third-order valence-electron chi connectivity index (χ3n) is 12.2. The summed E-state index contributed by atoms with van der Waals surface area (Å²) in [6, 6.07) is 65.9. The van der Waals surface area contributed by atoms with Gasteiger partial charge in [0.05, 0.1) is 44.5 Å². The van der Waals surface area contributed by atoms with Gasteiger partial charge in [0.25, 0.3) is 0 Å². The van der Waals surface area contributed by atoms with Crippen molar-refractivity contribution in [2.24, 2.45) is 0 Å². The number of hydrogen-bond acceptors (Lipinski definition) is 1. The van der Waals surface area contributed by atoms with Crippen LogP contribution < -0.4 is 0 Å². The van der Waals surface area contributed by atoms with Gasteiger partial charge in [-0.05, 0) is 65.2 Å². The minimum absolute atomic E-state index is 0.258. The zero-order chi connectivity index (χ0) is 37.1. The van der Waals surface area contributed by atoms with Crippen LogP contribution in [0.15, 0.2) is 182 Å². The second-order valence-electron chi connectivity index (χ2n) is 15.5. The molecule has 11 aromatic rings. The summed E-state index contributed by atoms with van der Waals surface area (Å²) in [6.45, 7) is 4.84. The quantitative estimate of drug-likeness (QED) is 0.178.